The molecule has 2 nitrogen and oxygen atoms in total. The number of nitrogens with two attached hydrogens (primary N) is 1. The van der Waals surface area contributed by atoms with Crippen molar-refractivity contribution in [2.75, 3.05) is 20.3 Å². The number of thiophene rings is 1. The number of methoxy groups -OCH3 is 1. The number of hydrogen-bond acceptors (Lipinski definition) is 3. The Labute approximate surface area is 89.4 Å². The molecular weight excluding hydrogens is 194 g/mol. The fraction of sp³-hybridized carbons (Fsp3) is 0.455. The molecule has 0 radical (unpaired) electrons. The predicted octanol–water partition coefficient (Wildman–Crippen LogP) is 2.52. The monoisotopic (exact) mass is 211 g/mol. The Kier molecular flexibility index (Phi) is 5.52. The second kappa shape index (κ2) is 6.76. The van der Waals surface area contributed by atoms with Gasteiger partial charge >= 0.3 is 0 Å². The van der Waals surface area contributed by atoms with E-state index in [-0.39, 0.29) is 0 Å². The van der Waals surface area contributed by atoms with E-state index in [1.165, 1.54) is 11.1 Å². The third-order valence-electron chi connectivity index (χ3n) is 1.95. The van der Waals surface area contributed by atoms with Crippen LogP contribution in [0.1, 0.15) is 18.4 Å². The highest BCUT2D eigenvalue weighted by atomic mass is 32.1. The first-order chi connectivity index (χ1) is 6.86. The van der Waals surface area contributed by atoms with Gasteiger partial charge in [0.25, 0.3) is 0 Å². The molecular formula is C11H17NOS. The molecule has 0 amide bonds. The minimum Gasteiger partial charge on any atom is -0.380 e. The highest BCUT2D eigenvalue weighted by molar-refractivity contribution is 7.08. The summed E-state index contributed by atoms with van der Waals surface area (Å²) in [5.41, 5.74) is 8.06. The van der Waals surface area contributed by atoms with E-state index < -0.39 is 0 Å². The van der Waals surface area contributed by atoms with Crippen LogP contribution < -0.4 is 5.73 Å². The number of ether oxygens (including phenoxy) is 1. The van der Waals surface area contributed by atoms with Gasteiger partial charge in [0.15, 0.2) is 0 Å². The average molecular weight is 211 g/mol. The van der Waals surface area contributed by atoms with Crippen LogP contribution in [0.3, 0.4) is 0 Å². The topological polar surface area (TPSA) is 35.2 Å². The zero-order valence-electron chi connectivity index (χ0n) is 8.53. The molecule has 0 aliphatic rings. The largest absolute Gasteiger partial charge is 0.380 e. The summed E-state index contributed by atoms with van der Waals surface area (Å²) >= 11 is 1.71. The third kappa shape index (κ3) is 4.05. The standard InChI is InChI=1S/C11H17NOS/c1-13-8-10(3-2-5-12)7-11-4-6-14-9-11/h4,6-7,9H,2-3,5,8,12H2,1H3/b10-7+. The first-order valence-corrected chi connectivity index (χ1v) is 5.71. The van der Waals surface area contributed by atoms with Crippen molar-refractivity contribution in [3.8, 4) is 0 Å². The second-order valence-electron chi connectivity index (χ2n) is 3.18. The lowest BCUT2D eigenvalue weighted by Crippen LogP contribution is -2.01. The molecule has 0 aromatic carbocycles. The Morgan fingerprint density at radius 1 is 1.64 bits per heavy atom. The third-order valence-corrected chi connectivity index (χ3v) is 2.65. The van der Waals surface area contributed by atoms with Crippen LogP contribution in [0.5, 0.6) is 0 Å². The zero-order chi connectivity index (χ0) is 10.2. The van der Waals surface area contributed by atoms with E-state index in [1.54, 1.807) is 18.4 Å². The van der Waals surface area contributed by atoms with Gasteiger partial charge in [-0.3, -0.25) is 0 Å². The van der Waals surface area contributed by atoms with Crippen molar-refractivity contribution >= 4 is 17.4 Å². The quantitative estimate of drug-likeness (QED) is 0.784. The van der Waals surface area contributed by atoms with Crippen LogP contribution in [0.4, 0.5) is 0 Å². The fourth-order valence-corrected chi connectivity index (χ4v) is 1.91. The van der Waals surface area contributed by atoms with Crippen LogP contribution in [0.2, 0.25) is 0 Å². The molecule has 14 heavy (non-hydrogen) atoms. The first-order valence-electron chi connectivity index (χ1n) is 4.77. The van der Waals surface area contributed by atoms with Crippen LogP contribution in [0.25, 0.3) is 6.08 Å². The van der Waals surface area contributed by atoms with Gasteiger partial charge in [-0.1, -0.05) is 6.08 Å². The molecule has 1 aromatic rings. The van der Waals surface area contributed by atoms with Gasteiger partial charge in [-0.25, -0.2) is 0 Å². The molecule has 2 N–H and O–H groups in total. The summed E-state index contributed by atoms with van der Waals surface area (Å²) in [5, 5.41) is 4.22. The van der Waals surface area contributed by atoms with E-state index >= 15 is 0 Å². The van der Waals surface area contributed by atoms with Gasteiger partial charge in [0, 0.05) is 7.11 Å². The van der Waals surface area contributed by atoms with Crippen molar-refractivity contribution in [1.82, 2.24) is 0 Å². The molecule has 78 valence electrons. The highest BCUT2D eigenvalue weighted by Crippen LogP contribution is 2.14. The van der Waals surface area contributed by atoms with Crippen LogP contribution in [-0.4, -0.2) is 20.3 Å². The maximum Gasteiger partial charge on any atom is 0.0676 e. The summed E-state index contributed by atoms with van der Waals surface area (Å²) in [6.45, 7) is 1.44. The summed E-state index contributed by atoms with van der Waals surface area (Å²) in [6.07, 6.45) is 4.25. The maximum atomic E-state index is 5.48. The van der Waals surface area contributed by atoms with Crippen molar-refractivity contribution in [2.24, 2.45) is 5.73 Å². The summed E-state index contributed by atoms with van der Waals surface area (Å²) in [5.74, 6) is 0. The summed E-state index contributed by atoms with van der Waals surface area (Å²) in [6, 6.07) is 2.11. The van der Waals surface area contributed by atoms with E-state index in [0.29, 0.717) is 6.61 Å². The molecule has 0 aliphatic heterocycles. The van der Waals surface area contributed by atoms with Crippen LogP contribution in [0, 0.1) is 0 Å². The van der Waals surface area contributed by atoms with Gasteiger partial charge in [-0.2, -0.15) is 11.3 Å². The SMILES string of the molecule is COC/C(=C/c1ccsc1)CCCN. The van der Waals surface area contributed by atoms with Gasteiger partial charge < -0.3 is 10.5 Å². The van der Waals surface area contributed by atoms with Gasteiger partial charge in [-0.05, 0) is 47.3 Å². The molecule has 0 saturated carbocycles. The lowest BCUT2D eigenvalue weighted by atomic mass is 10.1. The van der Waals surface area contributed by atoms with E-state index in [9.17, 15) is 0 Å². The molecule has 3 heteroatoms. The van der Waals surface area contributed by atoms with Crippen molar-refractivity contribution < 1.29 is 4.74 Å². The lowest BCUT2D eigenvalue weighted by molar-refractivity contribution is 0.223. The highest BCUT2D eigenvalue weighted by Gasteiger charge is 1.97. The molecule has 0 atom stereocenters. The first kappa shape index (κ1) is 11.4. The van der Waals surface area contributed by atoms with E-state index in [2.05, 4.69) is 22.9 Å². The number of rotatable bonds is 6. The molecule has 1 heterocycles. The Morgan fingerprint density at radius 3 is 3.07 bits per heavy atom. The second-order valence-corrected chi connectivity index (χ2v) is 3.96. The molecule has 0 fully saturated rings. The molecule has 0 unspecified atom stereocenters. The van der Waals surface area contributed by atoms with Crippen LogP contribution in [-0.2, 0) is 4.74 Å². The van der Waals surface area contributed by atoms with Crippen LogP contribution in [0.15, 0.2) is 22.4 Å². The molecule has 0 saturated heterocycles. The van der Waals surface area contributed by atoms with E-state index in [1.807, 2.05) is 0 Å². The Hall–Kier alpha value is -0.640. The smallest absolute Gasteiger partial charge is 0.0676 e. The van der Waals surface area contributed by atoms with Crippen LogP contribution >= 0.6 is 11.3 Å². The molecule has 0 spiro atoms. The van der Waals surface area contributed by atoms with E-state index in [0.717, 1.165) is 19.4 Å². The van der Waals surface area contributed by atoms with Crippen molar-refractivity contribution in [3.05, 3.63) is 28.0 Å². The van der Waals surface area contributed by atoms with Crippen molar-refractivity contribution in [1.29, 1.82) is 0 Å². The molecule has 1 rings (SSSR count). The lowest BCUT2D eigenvalue weighted by Gasteiger charge is -2.04. The van der Waals surface area contributed by atoms with E-state index in [4.69, 9.17) is 10.5 Å². The maximum absolute atomic E-state index is 5.48. The van der Waals surface area contributed by atoms with Crippen molar-refractivity contribution in [2.45, 2.75) is 12.8 Å². The minimum absolute atomic E-state index is 0.704. The minimum atomic E-state index is 0.704. The zero-order valence-corrected chi connectivity index (χ0v) is 9.35. The average Bonchev–Trinajstić information content (AvgIpc) is 2.67. The Balaban J connectivity index is 2.56. The van der Waals surface area contributed by atoms with Gasteiger partial charge in [-0.15, -0.1) is 0 Å². The van der Waals surface area contributed by atoms with Gasteiger partial charge in [0.1, 0.15) is 0 Å². The van der Waals surface area contributed by atoms with Gasteiger partial charge in [0.05, 0.1) is 6.61 Å². The normalized spacial score (nSPS) is 12.0. The van der Waals surface area contributed by atoms with Gasteiger partial charge in [0.2, 0.25) is 0 Å². The predicted molar refractivity (Wildman–Crippen MR) is 62.5 cm³/mol. The fourth-order valence-electron chi connectivity index (χ4n) is 1.29. The Bertz CT molecular complexity index is 267. The summed E-state index contributed by atoms with van der Waals surface area (Å²) < 4.78 is 5.14. The molecule has 0 aliphatic carbocycles. The molecule has 1 aromatic heterocycles. The van der Waals surface area contributed by atoms with Crippen molar-refractivity contribution in [3.63, 3.8) is 0 Å². The Morgan fingerprint density at radius 2 is 2.50 bits per heavy atom. The number of hydrogen-bond donors (Lipinski definition) is 1. The summed E-state index contributed by atoms with van der Waals surface area (Å²) in [4.78, 5) is 0. The summed E-state index contributed by atoms with van der Waals surface area (Å²) in [7, 11) is 1.73. The molecule has 0 bridgehead atoms.